The fraction of sp³-hybridized carbons (Fsp3) is 0.333. The number of hydrogen-bond acceptors (Lipinski definition) is 2. The molecule has 0 heterocycles. The molecule has 1 aromatic carbocycles. The zero-order chi connectivity index (χ0) is 11.5. The second-order valence-corrected chi connectivity index (χ2v) is 4.35. The largest absolute Gasteiger partial charge is 0.321 e. The summed E-state index contributed by atoms with van der Waals surface area (Å²) in [4.78, 5) is 2.61. The maximum Gasteiger partial charge on any atom is 0.128 e. The molecule has 6 heteroatoms. The Kier molecular flexibility index (Phi) is 3.68. The molecule has 1 atom stereocenters. The van der Waals surface area contributed by atoms with Gasteiger partial charge in [0.25, 0.3) is 0 Å². The van der Waals surface area contributed by atoms with Crippen LogP contribution < -0.4 is 5.73 Å². The number of benzene rings is 1. The monoisotopic (exact) mass is 272 g/mol. The highest BCUT2D eigenvalue weighted by Gasteiger charge is 2.24. The predicted octanol–water partition coefficient (Wildman–Crippen LogP) is 3.07. The van der Waals surface area contributed by atoms with Crippen LogP contribution in [0, 0.1) is 5.82 Å². The number of rotatable bonds is 3. The Morgan fingerprint density at radius 1 is 1.67 bits per heavy atom. The van der Waals surface area contributed by atoms with Gasteiger partial charge in [-0.1, -0.05) is 21.0 Å². The van der Waals surface area contributed by atoms with Gasteiger partial charge < -0.3 is 5.73 Å². The van der Waals surface area contributed by atoms with Crippen LogP contribution in [-0.4, -0.2) is 6.54 Å². The zero-order valence-corrected chi connectivity index (χ0v) is 9.70. The third kappa shape index (κ3) is 2.92. The van der Waals surface area contributed by atoms with E-state index in [0.29, 0.717) is 5.56 Å². The Balaban J connectivity index is 3.12. The predicted molar refractivity (Wildman–Crippen MR) is 59.7 cm³/mol. The molecule has 0 spiro atoms. The molecule has 0 saturated heterocycles. The highest BCUT2D eigenvalue weighted by atomic mass is 79.9. The van der Waals surface area contributed by atoms with E-state index in [1.54, 1.807) is 19.1 Å². The maximum absolute atomic E-state index is 13.5. The first-order valence-electron chi connectivity index (χ1n) is 4.22. The van der Waals surface area contributed by atoms with Crippen molar-refractivity contribution < 1.29 is 4.39 Å². The first kappa shape index (κ1) is 12.0. The SMILES string of the molecule is CC(N)(CN=[N+]=[N-])c1cc(Br)ccc1F. The van der Waals surface area contributed by atoms with Gasteiger partial charge in [-0.15, -0.1) is 0 Å². The van der Waals surface area contributed by atoms with E-state index in [1.165, 1.54) is 6.07 Å². The van der Waals surface area contributed by atoms with Crippen molar-refractivity contribution >= 4 is 15.9 Å². The fourth-order valence-electron chi connectivity index (χ4n) is 1.20. The molecule has 1 aromatic rings. The second kappa shape index (κ2) is 4.61. The molecule has 1 rings (SSSR count). The van der Waals surface area contributed by atoms with Gasteiger partial charge in [-0.05, 0) is 30.7 Å². The quantitative estimate of drug-likeness (QED) is 0.513. The van der Waals surface area contributed by atoms with Gasteiger partial charge in [0.05, 0.1) is 0 Å². The Bertz CT molecular complexity index is 413. The van der Waals surface area contributed by atoms with E-state index in [1.807, 2.05) is 0 Å². The number of hydrogen-bond donors (Lipinski definition) is 1. The first-order valence-corrected chi connectivity index (χ1v) is 5.02. The summed E-state index contributed by atoms with van der Waals surface area (Å²) in [6, 6.07) is 4.49. The smallest absolute Gasteiger partial charge is 0.128 e. The average Bonchev–Trinajstić information content (AvgIpc) is 2.18. The maximum atomic E-state index is 13.5. The molecule has 0 bridgehead atoms. The van der Waals surface area contributed by atoms with Crippen LogP contribution in [0.5, 0.6) is 0 Å². The molecule has 0 saturated carbocycles. The summed E-state index contributed by atoms with van der Waals surface area (Å²) in [6.07, 6.45) is 0. The average molecular weight is 273 g/mol. The van der Waals surface area contributed by atoms with Crippen LogP contribution in [-0.2, 0) is 5.54 Å². The van der Waals surface area contributed by atoms with Crippen molar-refractivity contribution in [3.05, 3.63) is 44.5 Å². The van der Waals surface area contributed by atoms with E-state index in [0.717, 1.165) is 4.47 Å². The molecule has 0 fully saturated rings. The lowest BCUT2D eigenvalue weighted by Gasteiger charge is -2.23. The highest BCUT2D eigenvalue weighted by molar-refractivity contribution is 9.10. The molecule has 0 aliphatic heterocycles. The lowest BCUT2D eigenvalue weighted by molar-refractivity contribution is 0.469. The minimum absolute atomic E-state index is 0.0108. The van der Waals surface area contributed by atoms with E-state index in [4.69, 9.17) is 11.3 Å². The number of azide groups is 1. The Morgan fingerprint density at radius 3 is 2.93 bits per heavy atom. The molecular formula is C9H10BrFN4. The number of nitrogens with zero attached hydrogens (tertiary/aromatic N) is 3. The van der Waals surface area contributed by atoms with Gasteiger partial charge in [-0.2, -0.15) is 0 Å². The standard InChI is InChI=1S/C9H10BrFN4/c1-9(12,5-14-15-13)7-4-6(10)2-3-8(7)11/h2-4H,5,12H2,1H3. The second-order valence-electron chi connectivity index (χ2n) is 3.43. The van der Waals surface area contributed by atoms with Crippen LogP contribution in [0.25, 0.3) is 10.4 Å². The summed E-state index contributed by atoms with van der Waals surface area (Å²) in [7, 11) is 0. The van der Waals surface area contributed by atoms with Gasteiger partial charge in [0, 0.05) is 27.0 Å². The van der Waals surface area contributed by atoms with Crippen LogP contribution >= 0.6 is 15.9 Å². The van der Waals surface area contributed by atoms with Crippen molar-refractivity contribution in [3.63, 3.8) is 0 Å². The molecular weight excluding hydrogens is 263 g/mol. The van der Waals surface area contributed by atoms with Gasteiger partial charge in [-0.25, -0.2) is 4.39 Å². The summed E-state index contributed by atoms with van der Waals surface area (Å²) in [6.45, 7) is 1.63. The van der Waals surface area contributed by atoms with E-state index in [9.17, 15) is 4.39 Å². The Morgan fingerprint density at radius 2 is 2.33 bits per heavy atom. The topological polar surface area (TPSA) is 74.8 Å². The lowest BCUT2D eigenvalue weighted by Crippen LogP contribution is -2.37. The van der Waals surface area contributed by atoms with E-state index >= 15 is 0 Å². The molecule has 0 radical (unpaired) electrons. The molecule has 15 heavy (non-hydrogen) atoms. The van der Waals surface area contributed by atoms with Crippen LogP contribution in [0.15, 0.2) is 27.8 Å². The fourth-order valence-corrected chi connectivity index (χ4v) is 1.56. The van der Waals surface area contributed by atoms with Crippen LogP contribution in [0.2, 0.25) is 0 Å². The molecule has 0 aromatic heterocycles. The van der Waals surface area contributed by atoms with E-state index in [2.05, 4.69) is 26.0 Å². The van der Waals surface area contributed by atoms with Gasteiger partial charge >= 0.3 is 0 Å². The van der Waals surface area contributed by atoms with Crippen molar-refractivity contribution in [2.45, 2.75) is 12.5 Å². The van der Waals surface area contributed by atoms with Crippen molar-refractivity contribution in [1.29, 1.82) is 0 Å². The van der Waals surface area contributed by atoms with Crippen molar-refractivity contribution in [1.82, 2.24) is 0 Å². The van der Waals surface area contributed by atoms with E-state index < -0.39 is 11.4 Å². The van der Waals surface area contributed by atoms with Crippen LogP contribution in [0.1, 0.15) is 12.5 Å². The first-order chi connectivity index (χ1) is 6.97. The normalized spacial score (nSPS) is 14.1. The lowest BCUT2D eigenvalue weighted by atomic mass is 9.93. The van der Waals surface area contributed by atoms with Gasteiger partial charge in [0.1, 0.15) is 5.82 Å². The van der Waals surface area contributed by atoms with Crippen molar-refractivity contribution in [2.24, 2.45) is 10.8 Å². The zero-order valence-electron chi connectivity index (χ0n) is 8.11. The van der Waals surface area contributed by atoms with Crippen molar-refractivity contribution in [2.75, 3.05) is 6.54 Å². The summed E-state index contributed by atoms with van der Waals surface area (Å²) in [5.41, 5.74) is 13.4. The van der Waals surface area contributed by atoms with Crippen LogP contribution in [0.3, 0.4) is 0 Å². The van der Waals surface area contributed by atoms with Gasteiger partial charge in [-0.3, -0.25) is 0 Å². The third-order valence-corrected chi connectivity index (χ3v) is 2.50. The molecule has 0 aliphatic carbocycles. The summed E-state index contributed by atoms with van der Waals surface area (Å²) < 4.78 is 14.2. The minimum Gasteiger partial charge on any atom is -0.321 e. The Labute approximate surface area is 95.0 Å². The summed E-state index contributed by atoms with van der Waals surface area (Å²) in [5.74, 6) is -0.406. The number of halogens is 2. The molecule has 4 nitrogen and oxygen atoms in total. The molecule has 80 valence electrons. The Hall–Kier alpha value is -1.10. The highest BCUT2D eigenvalue weighted by Crippen LogP contribution is 2.25. The van der Waals surface area contributed by atoms with Gasteiger partial charge in [0.2, 0.25) is 0 Å². The molecule has 1 unspecified atom stereocenters. The molecule has 0 amide bonds. The molecule has 0 aliphatic rings. The third-order valence-electron chi connectivity index (χ3n) is 2.01. The summed E-state index contributed by atoms with van der Waals surface area (Å²) in [5, 5.41) is 3.36. The van der Waals surface area contributed by atoms with Gasteiger partial charge in [0.15, 0.2) is 0 Å². The number of nitrogens with two attached hydrogens (primary N) is 1. The minimum atomic E-state index is -1.000. The van der Waals surface area contributed by atoms with E-state index in [-0.39, 0.29) is 6.54 Å². The van der Waals surface area contributed by atoms with Crippen molar-refractivity contribution in [3.8, 4) is 0 Å². The molecule has 2 N–H and O–H groups in total. The van der Waals surface area contributed by atoms with Crippen LogP contribution in [0.4, 0.5) is 4.39 Å². The summed E-state index contributed by atoms with van der Waals surface area (Å²) >= 11 is 3.23.